The Morgan fingerprint density at radius 2 is 1.71 bits per heavy atom. The fraction of sp³-hybridized carbons (Fsp3) is 0.294. The van der Waals surface area contributed by atoms with E-state index >= 15 is 0 Å². The van der Waals surface area contributed by atoms with Crippen molar-refractivity contribution in [1.82, 2.24) is 0 Å². The number of halogens is 1. The van der Waals surface area contributed by atoms with Crippen molar-refractivity contribution in [2.24, 2.45) is 5.73 Å². The first-order valence-electron chi connectivity index (χ1n) is 6.97. The van der Waals surface area contributed by atoms with Gasteiger partial charge in [-0.2, -0.15) is 0 Å². The van der Waals surface area contributed by atoms with E-state index in [-0.39, 0.29) is 11.9 Å². The Morgan fingerprint density at radius 1 is 1.05 bits per heavy atom. The predicted molar refractivity (Wildman–Crippen MR) is 81.2 cm³/mol. The highest BCUT2D eigenvalue weighted by Gasteiger charge is 2.08. The first-order valence-corrected chi connectivity index (χ1v) is 6.97. The highest BCUT2D eigenvalue weighted by atomic mass is 19.1. The van der Waals surface area contributed by atoms with Crippen LogP contribution in [-0.4, -0.2) is 13.2 Å². The summed E-state index contributed by atoms with van der Waals surface area (Å²) in [5, 5.41) is 0. The normalized spacial score (nSPS) is 12.0. The summed E-state index contributed by atoms with van der Waals surface area (Å²) in [5.41, 5.74) is 7.62. The van der Waals surface area contributed by atoms with Crippen LogP contribution in [0.2, 0.25) is 0 Å². The molecule has 0 amide bonds. The monoisotopic (exact) mass is 289 g/mol. The Labute approximate surface area is 124 Å². The van der Waals surface area contributed by atoms with E-state index < -0.39 is 0 Å². The standard InChI is InChI=1S/C17H20FNO2/c1-3-20-14-6-4-13(5-7-14)17(19)11-21-15-8-9-16(18)12(2)10-15/h4-10,17H,3,11,19H2,1-2H3. The molecule has 2 N–H and O–H groups in total. The molecule has 0 bridgehead atoms. The largest absolute Gasteiger partial charge is 0.494 e. The number of aryl methyl sites for hydroxylation is 1. The van der Waals surface area contributed by atoms with E-state index in [0.717, 1.165) is 11.3 Å². The minimum Gasteiger partial charge on any atom is -0.494 e. The maximum atomic E-state index is 13.2. The molecule has 1 atom stereocenters. The van der Waals surface area contributed by atoms with E-state index in [1.165, 1.54) is 6.07 Å². The third kappa shape index (κ3) is 4.20. The summed E-state index contributed by atoms with van der Waals surface area (Å²) in [7, 11) is 0. The van der Waals surface area contributed by atoms with Gasteiger partial charge in [-0.1, -0.05) is 12.1 Å². The van der Waals surface area contributed by atoms with Gasteiger partial charge in [0.05, 0.1) is 12.6 Å². The molecule has 0 spiro atoms. The zero-order chi connectivity index (χ0) is 15.2. The predicted octanol–water partition coefficient (Wildman–Crippen LogP) is 3.61. The summed E-state index contributed by atoms with van der Waals surface area (Å²) in [6, 6.07) is 12.1. The molecule has 0 aliphatic rings. The summed E-state index contributed by atoms with van der Waals surface area (Å²) in [6.07, 6.45) is 0. The molecular formula is C17H20FNO2. The third-order valence-electron chi connectivity index (χ3n) is 3.18. The lowest BCUT2D eigenvalue weighted by atomic mass is 10.1. The molecule has 0 aromatic heterocycles. The number of benzene rings is 2. The molecule has 0 saturated heterocycles. The van der Waals surface area contributed by atoms with Crippen LogP contribution in [0, 0.1) is 12.7 Å². The van der Waals surface area contributed by atoms with Gasteiger partial charge in [0.2, 0.25) is 0 Å². The van der Waals surface area contributed by atoms with Gasteiger partial charge in [0.1, 0.15) is 23.9 Å². The van der Waals surface area contributed by atoms with Crippen LogP contribution in [0.4, 0.5) is 4.39 Å². The van der Waals surface area contributed by atoms with Crippen LogP contribution in [0.3, 0.4) is 0 Å². The highest BCUT2D eigenvalue weighted by molar-refractivity contribution is 5.30. The molecule has 0 heterocycles. The van der Waals surface area contributed by atoms with Gasteiger partial charge in [-0.25, -0.2) is 4.39 Å². The van der Waals surface area contributed by atoms with Crippen LogP contribution in [-0.2, 0) is 0 Å². The van der Waals surface area contributed by atoms with Crippen molar-refractivity contribution < 1.29 is 13.9 Å². The van der Waals surface area contributed by atoms with Crippen LogP contribution in [0.15, 0.2) is 42.5 Å². The maximum Gasteiger partial charge on any atom is 0.126 e. The molecule has 112 valence electrons. The van der Waals surface area contributed by atoms with Crippen LogP contribution < -0.4 is 15.2 Å². The fourth-order valence-electron chi connectivity index (χ4n) is 1.97. The SMILES string of the molecule is CCOc1ccc(C(N)COc2ccc(F)c(C)c2)cc1. The Bertz CT molecular complexity index is 584. The highest BCUT2D eigenvalue weighted by Crippen LogP contribution is 2.20. The summed E-state index contributed by atoms with van der Waals surface area (Å²) in [5.74, 6) is 1.21. The van der Waals surface area contributed by atoms with Crippen molar-refractivity contribution in [3.8, 4) is 11.5 Å². The number of rotatable bonds is 6. The van der Waals surface area contributed by atoms with Gasteiger partial charge in [0, 0.05) is 0 Å². The van der Waals surface area contributed by atoms with Gasteiger partial charge in [-0.05, 0) is 55.3 Å². The van der Waals surface area contributed by atoms with Crippen LogP contribution >= 0.6 is 0 Å². The first-order chi connectivity index (χ1) is 10.1. The summed E-state index contributed by atoms with van der Waals surface area (Å²) >= 11 is 0. The van der Waals surface area contributed by atoms with Crippen LogP contribution in [0.5, 0.6) is 11.5 Å². The zero-order valence-corrected chi connectivity index (χ0v) is 12.3. The summed E-state index contributed by atoms with van der Waals surface area (Å²) < 4.78 is 24.2. The summed E-state index contributed by atoms with van der Waals surface area (Å²) in [4.78, 5) is 0. The molecule has 4 heteroatoms. The third-order valence-corrected chi connectivity index (χ3v) is 3.18. The van der Waals surface area contributed by atoms with E-state index in [9.17, 15) is 4.39 Å². The average Bonchev–Trinajstić information content (AvgIpc) is 2.49. The molecule has 2 rings (SSSR count). The van der Waals surface area contributed by atoms with Crippen LogP contribution in [0.1, 0.15) is 24.1 Å². The van der Waals surface area contributed by atoms with Crippen molar-refractivity contribution in [2.75, 3.05) is 13.2 Å². The van der Waals surface area contributed by atoms with E-state index in [1.807, 2.05) is 31.2 Å². The lowest BCUT2D eigenvalue weighted by Crippen LogP contribution is -2.19. The van der Waals surface area contributed by atoms with Crippen molar-refractivity contribution in [1.29, 1.82) is 0 Å². The molecule has 0 aliphatic carbocycles. The number of hydrogen-bond donors (Lipinski definition) is 1. The van der Waals surface area contributed by atoms with Crippen molar-refractivity contribution >= 4 is 0 Å². The number of nitrogens with two attached hydrogens (primary N) is 1. The maximum absolute atomic E-state index is 13.2. The molecule has 0 fully saturated rings. The van der Waals surface area contributed by atoms with Gasteiger partial charge in [-0.3, -0.25) is 0 Å². The molecular weight excluding hydrogens is 269 g/mol. The Hall–Kier alpha value is -2.07. The molecule has 0 radical (unpaired) electrons. The van der Waals surface area contributed by atoms with E-state index in [2.05, 4.69) is 0 Å². The average molecular weight is 289 g/mol. The second-order valence-corrected chi connectivity index (χ2v) is 4.83. The van der Waals surface area contributed by atoms with Crippen molar-refractivity contribution in [3.63, 3.8) is 0 Å². The number of ether oxygens (including phenoxy) is 2. The second kappa shape index (κ2) is 7.09. The molecule has 1 unspecified atom stereocenters. The Kier molecular flexibility index (Phi) is 5.17. The molecule has 0 saturated carbocycles. The van der Waals surface area contributed by atoms with Crippen LogP contribution in [0.25, 0.3) is 0 Å². The minimum absolute atomic E-state index is 0.238. The first kappa shape index (κ1) is 15.3. The lowest BCUT2D eigenvalue weighted by Gasteiger charge is -2.14. The smallest absolute Gasteiger partial charge is 0.126 e. The lowest BCUT2D eigenvalue weighted by molar-refractivity contribution is 0.290. The molecule has 2 aromatic rings. The van der Waals surface area contributed by atoms with E-state index in [0.29, 0.717) is 24.5 Å². The molecule has 2 aromatic carbocycles. The molecule has 3 nitrogen and oxygen atoms in total. The molecule has 21 heavy (non-hydrogen) atoms. The van der Waals surface area contributed by atoms with E-state index in [1.54, 1.807) is 19.1 Å². The number of hydrogen-bond acceptors (Lipinski definition) is 3. The topological polar surface area (TPSA) is 44.5 Å². The summed E-state index contributed by atoms with van der Waals surface area (Å²) in [6.45, 7) is 4.62. The van der Waals surface area contributed by atoms with E-state index in [4.69, 9.17) is 15.2 Å². The zero-order valence-electron chi connectivity index (χ0n) is 12.3. The van der Waals surface area contributed by atoms with Gasteiger partial charge < -0.3 is 15.2 Å². The van der Waals surface area contributed by atoms with Gasteiger partial charge in [0.15, 0.2) is 0 Å². The minimum atomic E-state index is -0.244. The van der Waals surface area contributed by atoms with Crippen molar-refractivity contribution in [2.45, 2.75) is 19.9 Å². The second-order valence-electron chi connectivity index (χ2n) is 4.83. The Balaban J connectivity index is 1.94. The quantitative estimate of drug-likeness (QED) is 0.883. The van der Waals surface area contributed by atoms with Crippen molar-refractivity contribution in [3.05, 3.63) is 59.4 Å². The van der Waals surface area contributed by atoms with Gasteiger partial charge in [-0.15, -0.1) is 0 Å². The fourth-order valence-corrected chi connectivity index (χ4v) is 1.97. The van der Waals surface area contributed by atoms with Gasteiger partial charge in [0.25, 0.3) is 0 Å². The molecule has 0 aliphatic heterocycles. The Morgan fingerprint density at radius 3 is 2.33 bits per heavy atom. The van der Waals surface area contributed by atoms with Gasteiger partial charge >= 0.3 is 0 Å².